The quantitative estimate of drug-likeness (QED) is 0.153. The van der Waals surface area contributed by atoms with Gasteiger partial charge >= 0.3 is 23.9 Å². The number of esters is 4. The Kier molecular flexibility index (Phi) is 8.55. The van der Waals surface area contributed by atoms with Crippen LogP contribution in [0, 0.1) is 46.3 Å². The largest absolute Gasteiger partial charge is 0.459 e. The monoisotopic (exact) mass is 670 g/mol. The smallest absolute Gasteiger partial charge is 0.312 e. The Morgan fingerprint density at radius 2 is 1.56 bits per heavy atom. The molecule has 1 aliphatic heterocycles. The molecule has 9 heteroatoms. The highest BCUT2D eigenvalue weighted by Crippen LogP contribution is 2.61. The van der Waals surface area contributed by atoms with Gasteiger partial charge in [-0.05, 0) is 129 Å². The van der Waals surface area contributed by atoms with E-state index in [-0.39, 0.29) is 66.2 Å². The molecular formula is C39H58O9. The summed E-state index contributed by atoms with van der Waals surface area (Å²) in [4.78, 5) is 54.9. The van der Waals surface area contributed by atoms with Crippen molar-refractivity contribution >= 4 is 23.9 Å². The third-order valence-electron chi connectivity index (χ3n) is 14.4. The van der Waals surface area contributed by atoms with Crippen LogP contribution < -0.4 is 0 Å². The van der Waals surface area contributed by atoms with Crippen molar-refractivity contribution in [2.45, 2.75) is 166 Å². The minimum atomic E-state index is -0.993. The number of hydrogen-bond acceptors (Lipinski definition) is 9. The van der Waals surface area contributed by atoms with Crippen molar-refractivity contribution in [3.05, 3.63) is 0 Å². The maximum atomic E-state index is 14.3. The van der Waals surface area contributed by atoms with Crippen molar-refractivity contribution < 1.29 is 42.9 Å². The first-order valence-electron chi connectivity index (χ1n) is 19.1. The highest BCUT2D eigenvalue weighted by Gasteiger charge is 2.64. The molecule has 268 valence electrons. The van der Waals surface area contributed by atoms with E-state index in [4.69, 9.17) is 23.7 Å². The van der Waals surface area contributed by atoms with Crippen LogP contribution in [0.3, 0.4) is 0 Å². The predicted molar refractivity (Wildman–Crippen MR) is 175 cm³/mol. The summed E-state index contributed by atoms with van der Waals surface area (Å²) >= 11 is 0. The second-order valence-electron chi connectivity index (χ2n) is 18.3. The number of fused-ring (bicyclic) bond motifs is 1. The maximum Gasteiger partial charge on any atom is 0.312 e. The van der Waals surface area contributed by atoms with E-state index in [1.807, 2.05) is 27.7 Å². The fourth-order valence-electron chi connectivity index (χ4n) is 11.8. The van der Waals surface area contributed by atoms with Crippen LogP contribution >= 0.6 is 0 Å². The fraction of sp³-hybridized carbons (Fsp3) is 0.897. The number of hydrogen-bond donors (Lipinski definition) is 0. The van der Waals surface area contributed by atoms with Crippen LogP contribution in [0.15, 0.2) is 0 Å². The zero-order valence-corrected chi connectivity index (χ0v) is 30.1. The van der Waals surface area contributed by atoms with Crippen molar-refractivity contribution in [2.75, 3.05) is 7.11 Å². The average molecular weight is 671 g/mol. The van der Waals surface area contributed by atoms with Crippen LogP contribution in [-0.4, -0.2) is 60.0 Å². The van der Waals surface area contributed by atoms with Crippen molar-refractivity contribution in [3.8, 4) is 0 Å². The lowest BCUT2D eigenvalue weighted by Crippen LogP contribution is -2.61. The molecule has 0 aromatic heterocycles. The summed E-state index contributed by atoms with van der Waals surface area (Å²) in [6, 6.07) is 0. The Bertz CT molecular complexity index is 1300. The van der Waals surface area contributed by atoms with Gasteiger partial charge in [0.1, 0.15) is 23.4 Å². The van der Waals surface area contributed by atoms with Gasteiger partial charge in [-0.15, -0.1) is 0 Å². The fourth-order valence-corrected chi connectivity index (χ4v) is 11.8. The van der Waals surface area contributed by atoms with Crippen LogP contribution in [0.25, 0.3) is 0 Å². The van der Waals surface area contributed by atoms with Gasteiger partial charge in [0, 0.05) is 25.4 Å². The summed E-state index contributed by atoms with van der Waals surface area (Å²) in [6.07, 6.45) is 11.8. The molecule has 8 aliphatic rings. The highest BCUT2D eigenvalue weighted by molar-refractivity contribution is 5.81. The second kappa shape index (κ2) is 12.0. The molecule has 0 aromatic rings. The number of rotatable bonds is 13. The maximum absolute atomic E-state index is 14.3. The van der Waals surface area contributed by atoms with Crippen molar-refractivity contribution in [2.24, 2.45) is 46.3 Å². The second-order valence-corrected chi connectivity index (χ2v) is 18.3. The van der Waals surface area contributed by atoms with E-state index in [2.05, 4.69) is 6.92 Å². The van der Waals surface area contributed by atoms with E-state index in [1.54, 1.807) is 7.11 Å². The average Bonchev–Trinajstić information content (AvgIpc) is 3.79. The molecule has 8 fully saturated rings. The number of carbonyl (C=O) groups excluding carboxylic acids is 4. The van der Waals surface area contributed by atoms with E-state index in [0.717, 1.165) is 70.6 Å². The molecule has 0 radical (unpaired) electrons. The molecule has 6 bridgehead atoms. The number of methoxy groups -OCH3 is 1. The topological polar surface area (TPSA) is 114 Å². The minimum Gasteiger partial charge on any atom is -0.459 e. The molecule has 7 saturated carbocycles. The highest BCUT2D eigenvalue weighted by atomic mass is 16.6. The molecule has 0 spiro atoms. The molecule has 7 aliphatic carbocycles. The van der Waals surface area contributed by atoms with Gasteiger partial charge in [0.05, 0.1) is 28.3 Å². The van der Waals surface area contributed by atoms with Crippen molar-refractivity contribution in [1.82, 2.24) is 0 Å². The van der Waals surface area contributed by atoms with Crippen LogP contribution in [0.1, 0.15) is 137 Å². The van der Waals surface area contributed by atoms with Gasteiger partial charge in [-0.1, -0.05) is 13.8 Å². The molecule has 1 heterocycles. The summed E-state index contributed by atoms with van der Waals surface area (Å²) in [6.45, 7) is 9.61. The lowest BCUT2D eigenvalue weighted by Gasteiger charge is -2.60. The van der Waals surface area contributed by atoms with E-state index in [1.165, 1.54) is 6.42 Å². The molecule has 48 heavy (non-hydrogen) atoms. The standard InChI is InChI=1S/C39H58O9/c1-7-36(5,34(43)46-29-25-14-27-28(15-25)32(41)45-30(27)29)21-26(31(40)47-37(8-2)11-9-10-12-37)20-35(3,4)33(42)48-39-18-23-13-24(19-39)17-38(16-23,22-39)44-6/h23-30H,7-22H2,1-6H3. The summed E-state index contributed by atoms with van der Waals surface area (Å²) < 4.78 is 30.9. The Morgan fingerprint density at radius 3 is 2.19 bits per heavy atom. The first-order chi connectivity index (χ1) is 22.7. The Hall–Kier alpha value is -2.16. The molecule has 8 rings (SSSR count). The number of carbonyl (C=O) groups is 4. The van der Waals surface area contributed by atoms with E-state index >= 15 is 0 Å². The lowest BCUT2D eigenvalue weighted by atomic mass is 9.52. The van der Waals surface area contributed by atoms with Gasteiger partial charge in [0.2, 0.25) is 0 Å². The summed E-state index contributed by atoms with van der Waals surface area (Å²) in [5, 5.41) is 0. The Balaban J connectivity index is 1.09. The Labute approximate surface area is 286 Å². The van der Waals surface area contributed by atoms with E-state index < -0.39 is 34.1 Å². The third kappa shape index (κ3) is 5.79. The summed E-state index contributed by atoms with van der Waals surface area (Å²) in [5.41, 5.74) is -3.21. The zero-order chi connectivity index (χ0) is 34.3. The van der Waals surface area contributed by atoms with E-state index in [0.29, 0.717) is 24.7 Å². The SMILES string of the molecule is CCC1(OC(=O)C(CC(C)(C)C(=O)OC23CC4CC(CC(OC)(C4)C2)C3)CC(C)(CC)C(=O)OC2C3CC4C(=O)OC2C4C3)CCCC1. The predicted octanol–water partition coefficient (Wildman–Crippen LogP) is 6.87. The van der Waals surface area contributed by atoms with Crippen LogP contribution in [0.4, 0.5) is 0 Å². The zero-order valence-electron chi connectivity index (χ0n) is 30.1. The van der Waals surface area contributed by atoms with Gasteiger partial charge in [-0.3, -0.25) is 19.2 Å². The molecular weight excluding hydrogens is 612 g/mol. The first-order valence-corrected chi connectivity index (χ1v) is 19.1. The molecule has 0 aromatic carbocycles. The molecule has 9 atom stereocenters. The molecule has 9 nitrogen and oxygen atoms in total. The molecule has 9 unspecified atom stereocenters. The van der Waals surface area contributed by atoms with Gasteiger partial charge < -0.3 is 23.7 Å². The Morgan fingerprint density at radius 1 is 0.896 bits per heavy atom. The molecule has 0 amide bonds. The van der Waals surface area contributed by atoms with Crippen LogP contribution in [0.5, 0.6) is 0 Å². The van der Waals surface area contributed by atoms with Crippen molar-refractivity contribution in [1.29, 1.82) is 0 Å². The van der Waals surface area contributed by atoms with Gasteiger partial charge in [-0.2, -0.15) is 0 Å². The van der Waals surface area contributed by atoms with Gasteiger partial charge in [-0.25, -0.2) is 0 Å². The summed E-state index contributed by atoms with van der Waals surface area (Å²) in [5.74, 6) is -0.658. The molecule has 1 saturated heterocycles. The normalized spacial score (nSPS) is 40.4. The molecule has 0 N–H and O–H groups in total. The first kappa shape index (κ1) is 34.3. The minimum absolute atomic E-state index is 0.0615. The lowest BCUT2D eigenvalue weighted by molar-refractivity contribution is -0.232. The van der Waals surface area contributed by atoms with Gasteiger partial charge in [0.25, 0.3) is 0 Å². The summed E-state index contributed by atoms with van der Waals surface area (Å²) in [7, 11) is 1.79. The van der Waals surface area contributed by atoms with Crippen molar-refractivity contribution in [3.63, 3.8) is 0 Å². The van der Waals surface area contributed by atoms with Gasteiger partial charge in [0.15, 0.2) is 0 Å². The van der Waals surface area contributed by atoms with Crippen LogP contribution in [-0.2, 0) is 42.9 Å². The van der Waals surface area contributed by atoms with Crippen LogP contribution in [0.2, 0.25) is 0 Å². The van der Waals surface area contributed by atoms with E-state index in [9.17, 15) is 19.2 Å². The number of ether oxygens (including phenoxy) is 5. The third-order valence-corrected chi connectivity index (χ3v) is 14.4.